The number of allylic oxidation sites excluding steroid dienone is 2. The number of phenolic OH excluding ortho intramolecular Hbond substituents is 3. The Hall–Kier alpha value is -6.81. The number of phenols is 3. The number of aliphatic imine (C=N–C) groups is 1. The quantitative estimate of drug-likeness (QED) is 0.0292. The van der Waals surface area contributed by atoms with Gasteiger partial charge in [-0.05, 0) is 123 Å². The summed E-state index contributed by atoms with van der Waals surface area (Å²) in [5.41, 5.74) is 12.0. The van der Waals surface area contributed by atoms with Crippen LogP contribution in [0, 0.1) is 5.92 Å². The topological polar surface area (TPSA) is 223 Å². The Morgan fingerprint density at radius 3 is 2.80 bits per heavy atom. The van der Waals surface area contributed by atoms with Gasteiger partial charge in [0.25, 0.3) is 0 Å². The summed E-state index contributed by atoms with van der Waals surface area (Å²) >= 11 is 0. The van der Waals surface area contributed by atoms with Crippen molar-refractivity contribution in [3.05, 3.63) is 119 Å². The van der Waals surface area contributed by atoms with Crippen LogP contribution in [-0.2, 0) is 33.5 Å². The Balaban J connectivity index is 0.821. The van der Waals surface area contributed by atoms with Crippen LogP contribution >= 0.6 is 0 Å². The van der Waals surface area contributed by atoms with Gasteiger partial charge in [-0.25, -0.2) is 0 Å². The van der Waals surface area contributed by atoms with Crippen molar-refractivity contribution < 1.29 is 39.1 Å². The van der Waals surface area contributed by atoms with Gasteiger partial charge in [0, 0.05) is 87.5 Å². The molecule has 3 aromatic heterocycles. The van der Waals surface area contributed by atoms with Crippen LogP contribution in [-0.4, -0.2) is 85.3 Å². The molecule has 0 radical (unpaired) electrons. The van der Waals surface area contributed by atoms with Gasteiger partial charge >= 0.3 is 5.97 Å². The number of aryl methyl sites for hydroxylation is 2. The second-order valence-electron chi connectivity index (χ2n) is 19.4. The highest BCUT2D eigenvalue weighted by Gasteiger charge is 2.52. The minimum atomic E-state index is -0.539. The third kappa shape index (κ3) is 10.3. The van der Waals surface area contributed by atoms with Crippen LogP contribution in [0.15, 0.2) is 102 Å². The number of H-pyrrole nitrogens is 1. The number of dihydropyridines is 1. The van der Waals surface area contributed by atoms with Gasteiger partial charge in [-0.2, -0.15) is 0 Å². The highest BCUT2D eigenvalue weighted by Crippen LogP contribution is 2.48. The van der Waals surface area contributed by atoms with E-state index >= 15 is 0 Å². The van der Waals surface area contributed by atoms with Gasteiger partial charge in [0.15, 0.2) is 29.0 Å². The summed E-state index contributed by atoms with van der Waals surface area (Å²) in [6, 6.07) is 14.7. The zero-order chi connectivity index (χ0) is 47.5. The molecule has 364 valence electrons. The van der Waals surface area contributed by atoms with Crippen LogP contribution in [0.1, 0.15) is 106 Å². The number of nitrogens with two attached hydrogens (primary N) is 1. The van der Waals surface area contributed by atoms with Gasteiger partial charge in [-0.1, -0.05) is 18.2 Å². The summed E-state index contributed by atoms with van der Waals surface area (Å²) in [4.78, 5) is 24.9. The molecule has 0 bridgehead atoms. The fourth-order valence-electron chi connectivity index (χ4n) is 11.4. The van der Waals surface area contributed by atoms with E-state index in [1.165, 1.54) is 29.6 Å². The number of guanidine groups is 1. The maximum atomic E-state index is 12.2. The fourth-order valence-corrected chi connectivity index (χ4v) is 11.4. The first-order valence-corrected chi connectivity index (χ1v) is 24.6. The van der Waals surface area contributed by atoms with E-state index in [1.807, 2.05) is 36.5 Å². The molecule has 3 fully saturated rings. The molecule has 1 aliphatic carbocycles. The monoisotopic (exact) mass is 940 g/mol. The number of pyridine rings is 1. The summed E-state index contributed by atoms with van der Waals surface area (Å²) < 4.78 is 27.6. The van der Waals surface area contributed by atoms with Gasteiger partial charge in [0.1, 0.15) is 18.4 Å². The number of carbonyl (C=O) groups excluding carboxylic acids is 1. The van der Waals surface area contributed by atoms with E-state index in [2.05, 4.69) is 48.8 Å². The molecule has 0 amide bonds. The predicted molar refractivity (Wildman–Crippen MR) is 261 cm³/mol. The molecule has 16 nitrogen and oxygen atoms in total. The molecule has 16 heteroatoms. The number of hydrogen-bond acceptors (Lipinski definition) is 12. The number of aromatic amines is 1. The zero-order valence-electron chi connectivity index (χ0n) is 39.2. The van der Waals surface area contributed by atoms with Crippen molar-refractivity contribution in [1.29, 1.82) is 0 Å². The van der Waals surface area contributed by atoms with Gasteiger partial charge in [-0.15, -0.1) is 0 Å². The Morgan fingerprint density at radius 2 is 1.94 bits per heavy atom. The summed E-state index contributed by atoms with van der Waals surface area (Å²) in [7, 11) is 0. The molecular weight excluding hydrogens is 877 g/mol. The van der Waals surface area contributed by atoms with Crippen molar-refractivity contribution in [1.82, 2.24) is 30.5 Å². The van der Waals surface area contributed by atoms with E-state index in [0.717, 1.165) is 80.5 Å². The normalized spacial score (nSPS) is 25.9. The average Bonchev–Trinajstić information content (AvgIpc) is 3.95. The van der Waals surface area contributed by atoms with E-state index in [4.69, 9.17) is 29.7 Å². The van der Waals surface area contributed by atoms with Crippen molar-refractivity contribution in [2.24, 2.45) is 16.6 Å². The Bertz CT molecular complexity index is 2730. The first-order chi connectivity index (χ1) is 33.6. The molecule has 1 spiro atoms. The molecular formula is C53H64N8O8. The van der Waals surface area contributed by atoms with Crippen molar-refractivity contribution >= 4 is 22.8 Å². The van der Waals surface area contributed by atoms with Crippen LogP contribution in [0.3, 0.4) is 0 Å². The van der Waals surface area contributed by atoms with Crippen molar-refractivity contribution in [3.63, 3.8) is 0 Å². The number of nitrogens with zero attached hydrogens (tertiary/aromatic N) is 3. The lowest BCUT2D eigenvalue weighted by atomic mass is 9.67. The largest absolute Gasteiger partial charge is 0.504 e. The van der Waals surface area contributed by atoms with Gasteiger partial charge in [-0.3, -0.25) is 14.8 Å². The minimum Gasteiger partial charge on any atom is -0.504 e. The number of carbonyl (C=O) groups is 1. The van der Waals surface area contributed by atoms with Crippen LogP contribution in [0.5, 0.6) is 28.7 Å². The number of benzene rings is 2. The molecule has 7 atom stereocenters. The molecule has 5 aromatic rings. The lowest BCUT2D eigenvalue weighted by Crippen LogP contribution is -2.69. The van der Waals surface area contributed by atoms with Crippen LogP contribution in [0.25, 0.3) is 10.9 Å². The zero-order valence-corrected chi connectivity index (χ0v) is 39.2. The third-order valence-corrected chi connectivity index (χ3v) is 14.6. The maximum Gasteiger partial charge on any atom is 0.302 e. The molecule has 9 N–H and O–H groups in total. The second kappa shape index (κ2) is 20.0. The van der Waals surface area contributed by atoms with E-state index in [9.17, 15) is 20.1 Å². The SMILES string of the molecule is CC(=O)OC1CC(CCc2ccc(O)c(OC3CCCC4(C3)NC(=NCCCC3=CCNC(N)=C3)NC3C4CCc4c5cc[nH]c5cn43)c2)OC(c2cc(O)c(O)c(OCCc3cccnc3)c2)C1. The number of rotatable bonds is 15. The average molecular weight is 941 g/mol. The number of esters is 1. The first kappa shape index (κ1) is 45.9. The first-order valence-electron chi connectivity index (χ1n) is 24.6. The van der Waals surface area contributed by atoms with E-state index in [1.54, 1.807) is 24.5 Å². The summed E-state index contributed by atoms with van der Waals surface area (Å²) in [6.07, 6.45) is 20.6. The molecule has 7 heterocycles. The van der Waals surface area contributed by atoms with Crippen molar-refractivity contribution in [3.8, 4) is 28.7 Å². The second-order valence-corrected chi connectivity index (χ2v) is 19.4. The molecule has 2 aromatic carbocycles. The van der Waals surface area contributed by atoms with E-state index < -0.39 is 12.2 Å². The summed E-state index contributed by atoms with van der Waals surface area (Å²) in [6.45, 7) is 3.08. The Morgan fingerprint density at radius 1 is 1.03 bits per heavy atom. The molecule has 7 unspecified atom stereocenters. The highest BCUT2D eigenvalue weighted by molar-refractivity contribution is 5.85. The highest BCUT2D eigenvalue weighted by atomic mass is 16.6. The van der Waals surface area contributed by atoms with Gasteiger partial charge in [0.2, 0.25) is 5.75 Å². The number of aromatic nitrogens is 3. The van der Waals surface area contributed by atoms with Gasteiger partial charge < -0.3 is 65.5 Å². The summed E-state index contributed by atoms with van der Waals surface area (Å²) in [5, 5.41) is 44.9. The van der Waals surface area contributed by atoms with E-state index in [-0.39, 0.29) is 65.4 Å². The molecule has 2 saturated heterocycles. The predicted octanol–water partition coefficient (Wildman–Crippen LogP) is 7.37. The van der Waals surface area contributed by atoms with Crippen LogP contribution in [0.2, 0.25) is 0 Å². The molecule has 10 rings (SSSR count). The Labute approximate surface area is 402 Å². The van der Waals surface area contributed by atoms with Crippen molar-refractivity contribution in [2.75, 3.05) is 19.7 Å². The van der Waals surface area contributed by atoms with E-state index in [0.29, 0.717) is 55.8 Å². The number of nitrogens with one attached hydrogen (secondary N) is 4. The number of hydrogen-bond donors (Lipinski definition) is 8. The lowest BCUT2D eigenvalue weighted by molar-refractivity contribution is -0.160. The smallest absolute Gasteiger partial charge is 0.302 e. The number of aromatic hydroxyl groups is 3. The Kier molecular flexibility index (Phi) is 13.3. The van der Waals surface area contributed by atoms with Crippen LogP contribution < -0.4 is 31.2 Å². The number of ether oxygens (including phenoxy) is 4. The fraction of sp³-hybridized carbons (Fsp3) is 0.453. The lowest BCUT2D eigenvalue weighted by Gasteiger charge is -2.55. The molecule has 1 saturated carbocycles. The van der Waals surface area contributed by atoms with Crippen molar-refractivity contribution in [2.45, 2.75) is 127 Å². The number of fused-ring (bicyclic) bond motifs is 6. The third-order valence-electron chi connectivity index (χ3n) is 14.6. The maximum absolute atomic E-state index is 12.2. The molecule has 5 aliphatic rings. The molecule has 4 aliphatic heterocycles. The summed E-state index contributed by atoms with van der Waals surface area (Å²) in [5.74, 6) is 1.44. The minimum absolute atomic E-state index is 0.0277. The van der Waals surface area contributed by atoms with Gasteiger partial charge in [0.05, 0.1) is 35.7 Å². The van der Waals surface area contributed by atoms with Crippen LogP contribution in [0.4, 0.5) is 0 Å². The molecule has 69 heavy (non-hydrogen) atoms. The standard InChI is InChI=1S/C53H64N8O8/c1-32(62)67-39-27-37(68-46(28-39)36-25-45(64)50(65)48(26-36)66-22-16-35-6-3-18-55-30-35)10-8-34-9-13-44(63)47(23-34)69-38-7-2-17-53(29-38)41-11-12-43-40-15-21-56-42(40)31-61(43)51(41)59-52(60-53)58-19-4-5-33-14-20-57-49(54)24-33/h3,6,9,13-15,18,21,23-26,30-31,37-39,41,46,51,56-57,63-65H,2,4-5,7-8,10-12,16-17,19-20,22,27-29,54H2,1H3,(H2,58,59,60).